The Morgan fingerprint density at radius 2 is 2.16 bits per heavy atom. The summed E-state index contributed by atoms with van der Waals surface area (Å²) in [5, 5.41) is 9.28. The van der Waals surface area contributed by atoms with Crippen molar-refractivity contribution in [1.29, 1.82) is 0 Å². The fourth-order valence-electron chi connectivity index (χ4n) is 2.44. The van der Waals surface area contributed by atoms with E-state index in [-0.39, 0.29) is 32.2 Å². The number of aliphatic hydroxyl groups is 1. The average molecular weight is 289 g/mol. The lowest BCUT2D eigenvalue weighted by Gasteiger charge is -2.26. The molecule has 0 aliphatic carbocycles. The van der Waals surface area contributed by atoms with Crippen molar-refractivity contribution >= 4 is 19.5 Å². The van der Waals surface area contributed by atoms with Crippen LogP contribution in [0, 0.1) is 0 Å². The maximum absolute atomic E-state index is 14.2. The molecule has 8 heteroatoms. The van der Waals surface area contributed by atoms with Crippen LogP contribution in [0.25, 0.3) is 0 Å². The Morgan fingerprint density at radius 1 is 1.42 bits per heavy atom. The lowest BCUT2D eigenvalue weighted by Crippen LogP contribution is -2.39. The SMILES string of the molecule is Cl.NC[C@@H]1OB2O[C@@H](CO)C3=C2C(=C1F)C=COC3. The first-order chi connectivity index (χ1) is 8.76. The minimum absolute atomic E-state index is 0. The van der Waals surface area contributed by atoms with Crippen LogP contribution in [-0.4, -0.2) is 44.2 Å². The van der Waals surface area contributed by atoms with Gasteiger partial charge in [0.2, 0.25) is 0 Å². The summed E-state index contributed by atoms with van der Waals surface area (Å²) in [4.78, 5) is 0. The van der Waals surface area contributed by atoms with Crippen molar-refractivity contribution in [3.05, 3.63) is 34.8 Å². The van der Waals surface area contributed by atoms with E-state index in [2.05, 4.69) is 0 Å². The van der Waals surface area contributed by atoms with E-state index in [4.69, 9.17) is 19.8 Å². The van der Waals surface area contributed by atoms with E-state index in [1.165, 1.54) is 6.26 Å². The van der Waals surface area contributed by atoms with Crippen LogP contribution >= 0.6 is 12.4 Å². The van der Waals surface area contributed by atoms with Crippen LogP contribution < -0.4 is 5.73 Å². The van der Waals surface area contributed by atoms with Crippen molar-refractivity contribution in [1.82, 2.24) is 0 Å². The molecular formula is C11H14BClFNO4. The summed E-state index contributed by atoms with van der Waals surface area (Å²) in [5.41, 5.74) is 7.24. The van der Waals surface area contributed by atoms with Crippen molar-refractivity contribution in [2.24, 2.45) is 5.73 Å². The highest BCUT2D eigenvalue weighted by atomic mass is 35.5. The summed E-state index contributed by atoms with van der Waals surface area (Å²) in [6, 6.07) is 0. The van der Waals surface area contributed by atoms with E-state index in [0.717, 1.165) is 5.57 Å². The standard InChI is InChI=1S/C11H13BFNO4.ClH/c13-11-6-1-2-16-5-7-9(4-15)18-12(10(6)7)17-8(11)3-14;/h1-2,8-9,15H,3-5,14H2;1H/t8-,9-;/m0./s1. The van der Waals surface area contributed by atoms with Gasteiger partial charge in [-0.25, -0.2) is 4.39 Å². The molecule has 3 heterocycles. The molecule has 2 atom stereocenters. The third-order valence-corrected chi connectivity index (χ3v) is 3.33. The lowest BCUT2D eigenvalue weighted by atomic mass is 9.70. The van der Waals surface area contributed by atoms with Crippen LogP contribution in [0.1, 0.15) is 0 Å². The van der Waals surface area contributed by atoms with Gasteiger partial charge in [-0.2, -0.15) is 0 Å². The average Bonchev–Trinajstić information content (AvgIpc) is 2.58. The van der Waals surface area contributed by atoms with Crippen molar-refractivity contribution in [3.8, 4) is 0 Å². The molecule has 0 radical (unpaired) electrons. The van der Waals surface area contributed by atoms with E-state index in [9.17, 15) is 9.50 Å². The van der Waals surface area contributed by atoms with Gasteiger partial charge in [0, 0.05) is 12.1 Å². The number of rotatable bonds is 2. The van der Waals surface area contributed by atoms with Gasteiger partial charge in [0.05, 0.1) is 19.0 Å². The first-order valence-electron chi connectivity index (χ1n) is 5.79. The number of hydrogen-bond acceptors (Lipinski definition) is 5. The Kier molecular flexibility index (Phi) is 4.32. The number of ether oxygens (including phenoxy) is 1. The number of allylic oxidation sites excluding steroid dienone is 3. The Hall–Kier alpha value is -0.855. The van der Waals surface area contributed by atoms with Crippen LogP contribution in [0.15, 0.2) is 34.8 Å². The maximum atomic E-state index is 14.2. The minimum Gasteiger partial charge on any atom is -0.497 e. The van der Waals surface area contributed by atoms with E-state index in [0.29, 0.717) is 11.0 Å². The van der Waals surface area contributed by atoms with Crippen LogP contribution in [-0.2, 0) is 14.0 Å². The Labute approximate surface area is 116 Å². The molecule has 0 spiro atoms. The topological polar surface area (TPSA) is 73.9 Å². The van der Waals surface area contributed by atoms with Gasteiger partial charge >= 0.3 is 7.12 Å². The molecule has 0 fully saturated rings. The maximum Gasteiger partial charge on any atom is 0.495 e. The van der Waals surface area contributed by atoms with Gasteiger partial charge in [0.1, 0.15) is 18.5 Å². The molecule has 3 aliphatic rings. The predicted molar refractivity (Wildman–Crippen MR) is 69.1 cm³/mol. The van der Waals surface area contributed by atoms with Gasteiger partial charge in [-0.3, -0.25) is 0 Å². The molecule has 3 aliphatic heterocycles. The lowest BCUT2D eigenvalue weighted by molar-refractivity contribution is 0.0926. The number of aliphatic hydroxyl groups excluding tert-OH is 1. The second-order valence-corrected chi connectivity index (χ2v) is 4.31. The van der Waals surface area contributed by atoms with Crippen LogP contribution in [0.4, 0.5) is 4.39 Å². The molecule has 5 nitrogen and oxygen atoms in total. The van der Waals surface area contributed by atoms with Crippen molar-refractivity contribution in [2.75, 3.05) is 19.8 Å². The quantitative estimate of drug-likeness (QED) is 0.713. The molecule has 19 heavy (non-hydrogen) atoms. The van der Waals surface area contributed by atoms with E-state index in [1.807, 2.05) is 0 Å². The zero-order valence-electron chi connectivity index (χ0n) is 10.0. The monoisotopic (exact) mass is 289 g/mol. The normalized spacial score (nSPS) is 28.9. The molecule has 3 rings (SSSR count). The summed E-state index contributed by atoms with van der Waals surface area (Å²) in [6.45, 7) is 0.113. The van der Waals surface area contributed by atoms with Gasteiger partial charge in [-0.05, 0) is 17.1 Å². The Bertz CT molecular complexity index is 468. The molecule has 3 N–H and O–H groups in total. The molecule has 104 valence electrons. The highest BCUT2D eigenvalue weighted by Crippen LogP contribution is 2.39. The van der Waals surface area contributed by atoms with Gasteiger partial charge < -0.3 is 24.9 Å². The minimum atomic E-state index is -0.810. The smallest absolute Gasteiger partial charge is 0.495 e. The first-order valence-corrected chi connectivity index (χ1v) is 5.79. The van der Waals surface area contributed by atoms with Gasteiger partial charge in [-0.15, -0.1) is 12.4 Å². The summed E-state index contributed by atoms with van der Waals surface area (Å²) >= 11 is 0. The molecule has 0 amide bonds. The number of halogens is 2. The fourth-order valence-corrected chi connectivity index (χ4v) is 2.44. The molecule has 0 aromatic rings. The Morgan fingerprint density at radius 3 is 2.84 bits per heavy atom. The largest absolute Gasteiger partial charge is 0.497 e. The van der Waals surface area contributed by atoms with Gasteiger partial charge in [0.25, 0.3) is 0 Å². The molecule has 0 unspecified atom stereocenters. The third kappa shape index (κ3) is 2.21. The van der Waals surface area contributed by atoms with Gasteiger partial charge in [0.15, 0.2) is 0 Å². The molecule has 0 saturated heterocycles. The van der Waals surface area contributed by atoms with E-state index < -0.39 is 25.2 Å². The third-order valence-electron chi connectivity index (χ3n) is 3.33. The van der Waals surface area contributed by atoms with Crippen LogP contribution in [0.3, 0.4) is 0 Å². The molecule has 0 aromatic carbocycles. The highest BCUT2D eigenvalue weighted by Gasteiger charge is 2.47. The van der Waals surface area contributed by atoms with E-state index >= 15 is 0 Å². The second kappa shape index (κ2) is 5.64. The summed E-state index contributed by atoms with van der Waals surface area (Å²) in [7, 11) is -0.674. The summed E-state index contributed by atoms with van der Waals surface area (Å²) in [6.07, 6.45) is 1.68. The van der Waals surface area contributed by atoms with Gasteiger partial charge in [-0.1, -0.05) is 0 Å². The molecular weight excluding hydrogens is 275 g/mol. The van der Waals surface area contributed by atoms with Crippen molar-refractivity contribution in [2.45, 2.75) is 12.2 Å². The first kappa shape index (κ1) is 14.6. The summed E-state index contributed by atoms with van der Waals surface area (Å²) < 4.78 is 30.4. The fraction of sp³-hybridized carbons (Fsp3) is 0.455. The number of nitrogens with two attached hydrogens (primary N) is 1. The zero-order valence-corrected chi connectivity index (χ0v) is 10.9. The van der Waals surface area contributed by atoms with Crippen LogP contribution in [0.2, 0.25) is 0 Å². The zero-order chi connectivity index (χ0) is 12.7. The highest BCUT2D eigenvalue weighted by molar-refractivity contribution is 6.57. The van der Waals surface area contributed by atoms with Crippen LogP contribution in [0.5, 0.6) is 0 Å². The second-order valence-electron chi connectivity index (χ2n) is 4.31. The predicted octanol–water partition coefficient (Wildman–Crippen LogP) is 0.248. The number of hydrogen-bond donors (Lipinski definition) is 2. The summed E-state index contributed by atoms with van der Waals surface area (Å²) in [5.74, 6) is -0.412. The van der Waals surface area contributed by atoms with Crippen molar-refractivity contribution in [3.63, 3.8) is 0 Å². The molecule has 0 aromatic heterocycles. The Balaban J connectivity index is 0.00000133. The van der Waals surface area contributed by atoms with E-state index in [1.54, 1.807) is 6.08 Å². The molecule has 0 saturated carbocycles. The molecule has 0 bridgehead atoms. The van der Waals surface area contributed by atoms with Crippen molar-refractivity contribution < 1.29 is 23.5 Å².